The number of cyclic esters (lactones) is 1. The van der Waals surface area contributed by atoms with Gasteiger partial charge in [-0.1, -0.05) is 25.2 Å². The second-order valence-corrected chi connectivity index (χ2v) is 7.45. The molecule has 1 heterocycles. The van der Waals surface area contributed by atoms with E-state index in [-0.39, 0.29) is 29.8 Å². The maximum atomic E-state index is 12.7. The first kappa shape index (κ1) is 22.6. The maximum absolute atomic E-state index is 12.7. The van der Waals surface area contributed by atoms with Gasteiger partial charge in [0.25, 0.3) is 0 Å². The van der Waals surface area contributed by atoms with Crippen molar-refractivity contribution in [3.05, 3.63) is 41.5 Å². The molecule has 7 nitrogen and oxygen atoms in total. The summed E-state index contributed by atoms with van der Waals surface area (Å²) in [5.41, 5.74) is 0.315. The third-order valence-corrected chi connectivity index (χ3v) is 4.63. The molecule has 0 saturated heterocycles. The molecule has 1 aromatic carbocycles. The topological polar surface area (TPSA) is 113 Å². The monoisotopic (exact) mass is 404 g/mol. The van der Waals surface area contributed by atoms with E-state index in [2.05, 4.69) is 0 Å². The Balaban J connectivity index is 2.50. The number of carbonyl (C=O) groups is 2. The summed E-state index contributed by atoms with van der Waals surface area (Å²) in [5.74, 6) is -1.59. The lowest BCUT2D eigenvalue weighted by Crippen LogP contribution is -2.32. The summed E-state index contributed by atoms with van der Waals surface area (Å²) in [6.45, 7) is 7.07. The molecule has 4 atom stereocenters. The van der Waals surface area contributed by atoms with Crippen LogP contribution in [0.2, 0.25) is 0 Å². The average molecular weight is 404 g/mol. The van der Waals surface area contributed by atoms with Crippen LogP contribution in [-0.4, -0.2) is 51.5 Å². The highest BCUT2D eigenvalue weighted by molar-refractivity contribution is 5.97. The number of phenolic OH excluding ortho intramolecular Hbond substituents is 1. The minimum atomic E-state index is -1.56. The second-order valence-electron chi connectivity index (χ2n) is 7.45. The fourth-order valence-electron chi connectivity index (χ4n) is 2.81. The van der Waals surface area contributed by atoms with E-state index in [9.17, 15) is 24.9 Å². The molecule has 3 N–H and O–H groups in total. The number of rotatable bonds is 2. The molecule has 0 aromatic heterocycles. The van der Waals surface area contributed by atoms with Gasteiger partial charge in [0.1, 0.15) is 29.3 Å². The number of carbonyl (C=O) groups excluding carboxylic acids is 2. The lowest BCUT2D eigenvalue weighted by molar-refractivity contribution is -0.127. The Hall–Kier alpha value is -2.64. The highest BCUT2D eigenvalue weighted by atomic mass is 16.5. The van der Waals surface area contributed by atoms with Crippen molar-refractivity contribution in [1.82, 2.24) is 0 Å². The molecule has 0 amide bonds. The number of hydrogen-bond acceptors (Lipinski definition) is 7. The molecule has 1 aromatic rings. The zero-order chi connectivity index (χ0) is 21.7. The highest BCUT2D eigenvalue weighted by Gasteiger charge is 2.25. The number of esters is 1. The molecule has 7 heteroatoms. The smallest absolute Gasteiger partial charge is 0.342 e. The van der Waals surface area contributed by atoms with Gasteiger partial charge < -0.3 is 24.8 Å². The van der Waals surface area contributed by atoms with Crippen LogP contribution in [0.4, 0.5) is 0 Å². The number of benzene rings is 1. The molecule has 2 rings (SSSR count). The number of phenols is 1. The van der Waals surface area contributed by atoms with Gasteiger partial charge in [-0.3, -0.25) is 4.79 Å². The van der Waals surface area contributed by atoms with Gasteiger partial charge in [0.15, 0.2) is 5.78 Å². The van der Waals surface area contributed by atoms with Crippen LogP contribution in [0.1, 0.15) is 50.0 Å². The Morgan fingerprint density at radius 1 is 1.14 bits per heavy atom. The first-order chi connectivity index (χ1) is 13.6. The zero-order valence-electron chi connectivity index (χ0n) is 17.0. The summed E-state index contributed by atoms with van der Waals surface area (Å²) >= 11 is 0. The third kappa shape index (κ3) is 5.92. The number of aromatic hydroxyl groups is 1. The van der Waals surface area contributed by atoms with E-state index in [1.807, 2.05) is 13.8 Å². The van der Waals surface area contributed by atoms with Crippen molar-refractivity contribution >= 4 is 17.8 Å². The first-order valence-corrected chi connectivity index (χ1v) is 9.59. The van der Waals surface area contributed by atoms with Crippen molar-refractivity contribution in [2.24, 2.45) is 5.92 Å². The van der Waals surface area contributed by atoms with Crippen LogP contribution in [-0.2, 0) is 9.53 Å². The molecule has 1 aliphatic heterocycles. The Bertz CT molecular complexity index is 810. The number of hydrogen-bond donors (Lipinski definition) is 3. The van der Waals surface area contributed by atoms with E-state index < -0.39 is 30.1 Å². The molecular weight excluding hydrogens is 376 g/mol. The number of ether oxygens (including phenoxy) is 2. The van der Waals surface area contributed by atoms with Crippen LogP contribution in [0.15, 0.2) is 30.4 Å². The van der Waals surface area contributed by atoms with Crippen molar-refractivity contribution in [3.8, 4) is 11.5 Å². The van der Waals surface area contributed by atoms with Gasteiger partial charge in [0, 0.05) is 12.0 Å². The zero-order valence-corrected chi connectivity index (χ0v) is 17.0. The van der Waals surface area contributed by atoms with Crippen molar-refractivity contribution in [3.63, 3.8) is 0 Å². The van der Waals surface area contributed by atoms with Crippen LogP contribution in [0.5, 0.6) is 11.5 Å². The van der Waals surface area contributed by atoms with Crippen LogP contribution in [0, 0.1) is 5.92 Å². The van der Waals surface area contributed by atoms with Gasteiger partial charge in [0.05, 0.1) is 12.2 Å². The Labute approximate surface area is 170 Å². The lowest BCUT2D eigenvalue weighted by atomic mass is 9.99. The molecule has 0 bridgehead atoms. The van der Waals surface area contributed by atoms with Gasteiger partial charge in [-0.15, -0.1) is 0 Å². The SMILES string of the molecule is CC(C)Oc1cc(O)c2c(c1)/C=C/C[C@H](O)[C@H](O)C(=O)/C=C\[C@@H](C)[C@H](C)OC2=O. The number of aliphatic hydroxyl groups excluding tert-OH is 2. The van der Waals surface area contributed by atoms with E-state index in [4.69, 9.17) is 9.47 Å². The predicted molar refractivity (Wildman–Crippen MR) is 108 cm³/mol. The molecule has 0 fully saturated rings. The van der Waals surface area contributed by atoms with Crippen LogP contribution >= 0.6 is 0 Å². The summed E-state index contributed by atoms with van der Waals surface area (Å²) in [6.07, 6.45) is 2.07. The highest BCUT2D eigenvalue weighted by Crippen LogP contribution is 2.31. The Morgan fingerprint density at radius 3 is 2.48 bits per heavy atom. The number of aliphatic hydroxyl groups is 2. The fourth-order valence-corrected chi connectivity index (χ4v) is 2.81. The molecule has 0 spiro atoms. The number of fused-ring (bicyclic) bond motifs is 1. The molecular formula is C22H28O7. The van der Waals surface area contributed by atoms with E-state index in [0.29, 0.717) is 11.3 Å². The van der Waals surface area contributed by atoms with Crippen LogP contribution in [0.3, 0.4) is 0 Å². The summed E-state index contributed by atoms with van der Waals surface area (Å²) in [7, 11) is 0. The van der Waals surface area contributed by atoms with Crippen molar-refractivity contribution in [2.45, 2.75) is 58.5 Å². The Morgan fingerprint density at radius 2 is 1.83 bits per heavy atom. The van der Waals surface area contributed by atoms with Gasteiger partial charge in [0.2, 0.25) is 0 Å². The molecule has 1 aliphatic rings. The minimum absolute atomic E-state index is 0.0245. The van der Waals surface area contributed by atoms with Gasteiger partial charge in [-0.05, 0) is 44.9 Å². The predicted octanol–water partition coefficient (Wildman–Crippen LogP) is 2.62. The maximum Gasteiger partial charge on any atom is 0.342 e. The summed E-state index contributed by atoms with van der Waals surface area (Å²) in [4.78, 5) is 24.8. The van der Waals surface area contributed by atoms with E-state index in [1.165, 1.54) is 30.4 Å². The van der Waals surface area contributed by atoms with E-state index >= 15 is 0 Å². The molecule has 0 aliphatic carbocycles. The van der Waals surface area contributed by atoms with Gasteiger partial charge >= 0.3 is 5.97 Å². The molecule has 0 saturated carbocycles. The molecule has 29 heavy (non-hydrogen) atoms. The lowest BCUT2D eigenvalue weighted by Gasteiger charge is -2.20. The summed E-state index contributed by atoms with van der Waals surface area (Å²) < 4.78 is 11.1. The quantitative estimate of drug-likeness (QED) is 0.649. The summed E-state index contributed by atoms with van der Waals surface area (Å²) in [5, 5.41) is 30.5. The average Bonchev–Trinajstić information content (AvgIpc) is 2.63. The Kier molecular flexibility index (Phi) is 7.59. The van der Waals surface area contributed by atoms with Crippen molar-refractivity contribution in [2.75, 3.05) is 0 Å². The molecule has 158 valence electrons. The minimum Gasteiger partial charge on any atom is -0.507 e. The number of ketones is 1. The van der Waals surface area contributed by atoms with Gasteiger partial charge in [-0.2, -0.15) is 0 Å². The second kappa shape index (κ2) is 9.71. The van der Waals surface area contributed by atoms with Crippen molar-refractivity contribution in [1.29, 1.82) is 0 Å². The van der Waals surface area contributed by atoms with E-state index in [0.717, 1.165) is 0 Å². The van der Waals surface area contributed by atoms with E-state index in [1.54, 1.807) is 19.9 Å². The first-order valence-electron chi connectivity index (χ1n) is 9.59. The van der Waals surface area contributed by atoms with Crippen LogP contribution in [0.25, 0.3) is 6.08 Å². The summed E-state index contributed by atoms with van der Waals surface area (Å²) in [6, 6.07) is 2.93. The van der Waals surface area contributed by atoms with Gasteiger partial charge in [-0.25, -0.2) is 4.79 Å². The molecule has 0 unspecified atom stereocenters. The molecule has 0 radical (unpaired) electrons. The van der Waals surface area contributed by atoms with Crippen molar-refractivity contribution < 1.29 is 34.4 Å². The normalized spacial score (nSPS) is 28.2. The largest absolute Gasteiger partial charge is 0.507 e. The third-order valence-electron chi connectivity index (χ3n) is 4.63. The standard InChI is InChI=1S/C22H28O7/c1-12(2)28-16-10-15-6-5-7-17(23)21(26)18(24)9-8-13(3)14(4)29-22(27)20(15)19(25)11-16/h5-6,8-14,17,21,23,25-26H,7H2,1-4H3/b6-5+,9-8-/t13-,14+,17+,21+/m1/s1. The fraction of sp³-hybridized carbons (Fsp3) is 0.455. The van der Waals surface area contributed by atoms with Crippen LogP contribution < -0.4 is 4.74 Å².